The standard InChI is InChI=1S/C5H8.2C2H6O.Ti/c1-3-5-4-2;2*1-2-3;/h3-5H,1H2,2H3;2*3H,2H2,1H3;. The summed E-state index contributed by atoms with van der Waals surface area (Å²) in [5.41, 5.74) is 0. The van der Waals surface area contributed by atoms with E-state index in [4.69, 9.17) is 10.2 Å². The van der Waals surface area contributed by atoms with E-state index in [2.05, 4.69) is 6.58 Å². The molecule has 0 saturated heterocycles. The molecule has 0 aliphatic rings. The molecule has 72 valence electrons. The van der Waals surface area contributed by atoms with Crippen LogP contribution in [0.1, 0.15) is 20.8 Å². The van der Waals surface area contributed by atoms with Crippen molar-refractivity contribution in [1.82, 2.24) is 0 Å². The van der Waals surface area contributed by atoms with Crippen molar-refractivity contribution < 1.29 is 31.9 Å². The molecule has 0 fully saturated rings. The van der Waals surface area contributed by atoms with Crippen LogP contribution in [0.3, 0.4) is 0 Å². The van der Waals surface area contributed by atoms with Crippen LogP contribution in [0.15, 0.2) is 24.8 Å². The predicted molar refractivity (Wildman–Crippen MR) is 50.5 cm³/mol. The Kier molecular flexibility index (Phi) is 82.3. The largest absolute Gasteiger partial charge is 0.397 e. The first-order valence-corrected chi connectivity index (χ1v) is 3.70. The van der Waals surface area contributed by atoms with Gasteiger partial charge < -0.3 is 10.2 Å². The molecule has 0 bridgehead atoms. The van der Waals surface area contributed by atoms with Gasteiger partial charge in [0.15, 0.2) is 0 Å². The minimum absolute atomic E-state index is 0. The van der Waals surface area contributed by atoms with Crippen LogP contribution >= 0.6 is 0 Å². The summed E-state index contributed by atoms with van der Waals surface area (Å²) in [6.45, 7) is 9.28. The van der Waals surface area contributed by atoms with Crippen molar-refractivity contribution in [2.24, 2.45) is 0 Å². The Hall–Kier alpha value is 0.114. The van der Waals surface area contributed by atoms with Gasteiger partial charge in [0.1, 0.15) is 0 Å². The molecule has 0 radical (unpaired) electrons. The van der Waals surface area contributed by atoms with Crippen molar-refractivity contribution >= 4 is 0 Å². The smallest absolute Gasteiger partial charge is 0.0402 e. The second-order valence-electron chi connectivity index (χ2n) is 1.39. The minimum Gasteiger partial charge on any atom is -0.397 e. The van der Waals surface area contributed by atoms with Crippen LogP contribution in [0.4, 0.5) is 0 Å². The molecule has 0 aromatic carbocycles. The van der Waals surface area contributed by atoms with Gasteiger partial charge in [-0.2, -0.15) is 0 Å². The van der Waals surface area contributed by atoms with Gasteiger partial charge in [-0.15, -0.1) is 0 Å². The topological polar surface area (TPSA) is 40.5 Å². The number of hydrogen-bond donors (Lipinski definition) is 2. The normalized spacial score (nSPS) is 6.75. The maximum Gasteiger partial charge on any atom is 0.0402 e. The summed E-state index contributed by atoms with van der Waals surface area (Å²) in [4.78, 5) is 0. The maximum atomic E-state index is 7.57. The van der Waals surface area contributed by atoms with Gasteiger partial charge in [0.05, 0.1) is 0 Å². The van der Waals surface area contributed by atoms with Gasteiger partial charge in [-0.3, -0.25) is 0 Å². The Morgan fingerprint density at radius 3 is 1.42 bits per heavy atom. The molecule has 3 heteroatoms. The van der Waals surface area contributed by atoms with Gasteiger partial charge in [0, 0.05) is 34.9 Å². The third-order valence-electron chi connectivity index (χ3n) is 0.329. The van der Waals surface area contributed by atoms with E-state index in [-0.39, 0.29) is 34.9 Å². The summed E-state index contributed by atoms with van der Waals surface area (Å²) < 4.78 is 0. The maximum absolute atomic E-state index is 7.57. The molecule has 0 rings (SSSR count). The molecule has 0 aliphatic carbocycles. The van der Waals surface area contributed by atoms with Crippen molar-refractivity contribution in [3.05, 3.63) is 24.8 Å². The molecule has 2 N–H and O–H groups in total. The Bertz CT molecular complexity index is 70.9. The Morgan fingerprint density at radius 2 is 1.42 bits per heavy atom. The number of aliphatic hydroxyl groups is 2. The van der Waals surface area contributed by atoms with Gasteiger partial charge >= 0.3 is 0 Å². The van der Waals surface area contributed by atoms with Gasteiger partial charge in [0.2, 0.25) is 0 Å². The molecule has 0 amide bonds. The van der Waals surface area contributed by atoms with Crippen LogP contribution in [0.2, 0.25) is 0 Å². The fourth-order valence-electron chi connectivity index (χ4n) is 0.136. The summed E-state index contributed by atoms with van der Waals surface area (Å²) in [6.07, 6.45) is 5.58. The molecule has 0 aromatic heterocycles. The van der Waals surface area contributed by atoms with Crippen molar-refractivity contribution in [3.63, 3.8) is 0 Å². The first-order valence-electron chi connectivity index (χ1n) is 3.70. The molecule has 0 heterocycles. The Morgan fingerprint density at radius 1 is 1.17 bits per heavy atom. The van der Waals surface area contributed by atoms with Crippen LogP contribution in [-0.2, 0) is 21.7 Å². The van der Waals surface area contributed by atoms with Gasteiger partial charge in [-0.25, -0.2) is 0 Å². The van der Waals surface area contributed by atoms with E-state index >= 15 is 0 Å². The molecule has 12 heavy (non-hydrogen) atoms. The average molecular weight is 208 g/mol. The van der Waals surface area contributed by atoms with Crippen molar-refractivity contribution in [1.29, 1.82) is 0 Å². The summed E-state index contributed by atoms with van der Waals surface area (Å²) in [7, 11) is 0. The number of aliphatic hydroxyl groups excluding tert-OH is 2. The SMILES string of the molecule is C=CC=CC.CCO.CCO.[Ti]. The zero-order chi connectivity index (χ0) is 9.54. The van der Waals surface area contributed by atoms with Crippen LogP contribution in [-0.4, -0.2) is 23.4 Å². The molecule has 2 nitrogen and oxygen atoms in total. The van der Waals surface area contributed by atoms with Crippen LogP contribution in [0, 0.1) is 0 Å². The van der Waals surface area contributed by atoms with E-state index in [0.717, 1.165) is 0 Å². The van der Waals surface area contributed by atoms with E-state index < -0.39 is 0 Å². The number of allylic oxidation sites excluding steroid dienone is 3. The van der Waals surface area contributed by atoms with Crippen LogP contribution < -0.4 is 0 Å². The van der Waals surface area contributed by atoms with E-state index in [0.29, 0.717) is 0 Å². The third kappa shape index (κ3) is 188. The first kappa shape index (κ1) is 22.7. The summed E-state index contributed by atoms with van der Waals surface area (Å²) in [5.74, 6) is 0. The van der Waals surface area contributed by atoms with Gasteiger partial charge in [0.25, 0.3) is 0 Å². The predicted octanol–water partition coefficient (Wildman–Crippen LogP) is 1.74. The zero-order valence-electron chi connectivity index (χ0n) is 8.25. The number of hydrogen-bond acceptors (Lipinski definition) is 2. The molecular formula is C9H20O2Ti. The van der Waals surface area contributed by atoms with E-state index in [1.54, 1.807) is 19.9 Å². The Balaban J connectivity index is -0.0000000406. The summed E-state index contributed by atoms with van der Waals surface area (Å²) >= 11 is 0. The Labute approximate surface area is 90.9 Å². The van der Waals surface area contributed by atoms with Gasteiger partial charge in [-0.1, -0.05) is 24.8 Å². The molecule has 0 aliphatic heterocycles. The van der Waals surface area contributed by atoms with Crippen LogP contribution in [0.25, 0.3) is 0 Å². The third-order valence-corrected chi connectivity index (χ3v) is 0.329. The molecule has 0 saturated carbocycles. The van der Waals surface area contributed by atoms with Crippen molar-refractivity contribution in [3.8, 4) is 0 Å². The van der Waals surface area contributed by atoms with Crippen molar-refractivity contribution in [2.45, 2.75) is 20.8 Å². The second-order valence-corrected chi connectivity index (χ2v) is 1.39. The second kappa shape index (κ2) is 43.5. The summed E-state index contributed by atoms with van der Waals surface area (Å²) in [6, 6.07) is 0. The van der Waals surface area contributed by atoms with E-state index in [1.165, 1.54) is 0 Å². The first-order chi connectivity index (χ1) is 5.24. The average Bonchev–Trinajstić information content (AvgIpc) is 1.92. The minimum atomic E-state index is 0. The van der Waals surface area contributed by atoms with E-state index in [9.17, 15) is 0 Å². The van der Waals surface area contributed by atoms with E-state index in [1.807, 2.05) is 19.1 Å². The molecule has 0 aromatic rings. The van der Waals surface area contributed by atoms with Crippen molar-refractivity contribution in [2.75, 3.05) is 13.2 Å². The van der Waals surface area contributed by atoms with Gasteiger partial charge in [-0.05, 0) is 20.8 Å². The monoisotopic (exact) mass is 208 g/mol. The summed E-state index contributed by atoms with van der Waals surface area (Å²) in [5, 5.41) is 15.1. The number of rotatable bonds is 1. The molecule has 0 spiro atoms. The zero-order valence-corrected chi connectivity index (χ0v) is 9.81. The molecule has 0 atom stereocenters. The fourth-order valence-corrected chi connectivity index (χ4v) is 0.136. The molecular weight excluding hydrogens is 188 g/mol. The fraction of sp³-hybridized carbons (Fsp3) is 0.556. The molecule has 0 unspecified atom stereocenters. The van der Waals surface area contributed by atoms with Crippen LogP contribution in [0.5, 0.6) is 0 Å². The quantitative estimate of drug-likeness (QED) is 0.509.